The van der Waals surface area contributed by atoms with Gasteiger partial charge in [-0.2, -0.15) is 0 Å². The normalized spacial score (nSPS) is 12.5. The van der Waals surface area contributed by atoms with Gasteiger partial charge in [0.25, 0.3) is 5.91 Å². The molecule has 1 aliphatic rings. The number of hydrogen-bond acceptors (Lipinski definition) is 4. The summed E-state index contributed by atoms with van der Waals surface area (Å²) in [7, 11) is 0. The Morgan fingerprint density at radius 2 is 2.21 bits per heavy atom. The van der Waals surface area contributed by atoms with Crippen LogP contribution in [0.25, 0.3) is 0 Å². The molecule has 3 aromatic rings. The lowest BCUT2D eigenvalue weighted by Gasteiger charge is -2.09. The molecule has 0 fully saturated rings. The standard InChI is InChI=1S/C19H17N3O2/c23-19(16-4-1-5-17-15(16)7-9-20-17)22-18-12-13(6-8-21-18)11-14-3-2-10-24-14/h1-6,8,10,12,20H,7,9,11H2,(H,21,22,23). The number of amides is 1. The monoisotopic (exact) mass is 319 g/mol. The minimum atomic E-state index is -0.127. The molecule has 0 radical (unpaired) electrons. The van der Waals surface area contributed by atoms with Gasteiger partial charge in [0.05, 0.1) is 6.26 Å². The number of anilines is 2. The molecule has 2 aromatic heterocycles. The summed E-state index contributed by atoms with van der Waals surface area (Å²) in [5.74, 6) is 1.30. The van der Waals surface area contributed by atoms with E-state index in [0.717, 1.165) is 35.5 Å². The van der Waals surface area contributed by atoms with Crippen LogP contribution in [0.15, 0.2) is 59.3 Å². The number of nitrogens with one attached hydrogen (secondary N) is 2. The van der Waals surface area contributed by atoms with Crippen LogP contribution in [0.3, 0.4) is 0 Å². The molecule has 0 bridgehead atoms. The Kier molecular flexibility index (Phi) is 3.75. The molecule has 0 saturated carbocycles. The first-order chi connectivity index (χ1) is 11.8. The highest BCUT2D eigenvalue weighted by Crippen LogP contribution is 2.26. The fraction of sp³-hybridized carbons (Fsp3) is 0.158. The van der Waals surface area contributed by atoms with Gasteiger partial charge in [-0.15, -0.1) is 0 Å². The number of carbonyl (C=O) groups excluding carboxylic acids is 1. The van der Waals surface area contributed by atoms with E-state index in [1.54, 1.807) is 12.5 Å². The molecule has 0 unspecified atom stereocenters. The lowest BCUT2D eigenvalue weighted by atomic mass is 10.0. The second-order valence-electron chi connectivity index (χ2n) is 5.77. The largest absolute Gasteiger partial charge is 0.469 e. The van der Waals surface area contributed by atoms with Crippen LogP contribution < -0.4 is 10.6 Å². The van der Waals surface area contributed by atoms with Crippen LogP contribution >= 0.6 is 0 Å². The van der Waals surface area contributed by atoms with Crippen LogP contribution in [0.4, 0.5) is 11.5 Å². The second kappa shape index (κ2) is 6.20. The van der Waals surface area contributed by atoms with E-state index in [2.05, 4.69) is 15.6 Å². The number of aromatic nitrogens is 1. The van der Waals surface area contributed by atoms with Crippen molar-refractivity contribution in [2.45, 2.75) is 12.8 Å². The van der Waals surface area contributed by atoms with Crippen molar-refractivity contribution in [2.75, 3.05) is 17.2 Å². The molecular formula is C19H17N3O2. The van der Waals surface area contributed by atoms with Crippen molar-refractivity contribution >= 4 is 17.4 Å². The van der Waals surface area contributed by atoms with Crippen molar-refractivity contribution in [2.24, 2.45) is 0 Å². The fourth-order valence-electron chi connectivity index (χ4n) is 3.01. The van der Waals surface area contributed by atoms with E-state index in [0.29, 0.717) is 17.8 Å². The molecule has 5 nitrogen and oxygen atoms in total. The maximum Gasteiger partial charge on any atom is 0.257 e. The van der Waals surface area contributed by atoms with Gasteiger partial charge < -0.3 is 15.1 Å². The summed E-state index contributed by atoms with van der Waals surface area (Å²) in [4.78, 5) is 16.9. The highest BCUT2D eigenvalue weighted by molar-refractivity contribution is 6.06. The summed E-state index contributed by atoms with van der Waals surface area (Å²) in [5.41, 5.74) is 3.86. The van der Waals surface area contributed by atoms with Crippen molar-refractivity contribution in [3.8, 4) is 0 Å². The summed E-state index contributed by atoms with van der Waals surface area (Å²) in [6.07, 6.45) is 4.89. The number of hydrogen-bond donors (Lipinski definition) is 2. The van der Waals surface area contributed by atoms with Gasteiger partial charge >= 0.3 is 0 Å². The zero-order valence-corrected chi connectivity index (χ0v) is 13.1. The average molecular weight is 319 g/mol. The van der Waals surface area contributed by atoms with Gasteiger partial charge in [0.1, 0.15) is 11.6 Å². The maximum atomic E-state index is 12.6. The molecule has 3 heterocycles. The molecule has 1 aliphatic heterocycles. The fourth-order valence-corrected chi connectivity index (χ4v) is 3.01. The van der Waals surface area contributed by atoms with Crippen molar-refractivity contribution < 1.29 is 9.21 Å². The Labute approximate surface area is 139 Å². The third-order valence-corrected chi connectivity index (χ3v) is 4.14. The van der Waals surface area contributed by atoms with Gasteiger partial charge in [-0.05, 0) is 53.9 Å². The first-order valence-corrected chi connectivity index (χ1v) is 7.94. The number of furan rings is 1. The first kappa shape index (κ1) is 14.5. The molecule has 2 N–H and O–H groups in total. The highest BCUT2D eigenvalue weighted by atomic mass is 16.3. The SMILES string of the molecule is O=C(Nc1cc(Cc2ccco2)ccn1)c1cccc2c1CCN2. The summed E-state index contributed by atoms with van der Waals surface area (Å²) in [5, 5.41) is 6.19. The van der Waals surface area contributed by atoms with E-state index in [1.165, 1.54) is 0 Å². The molecule has 0 spiro atoms. The van der Waals surface area contributed by atoms with E-state index in [4.69, 9.17) is 4.42 Å². The minimum absolute atomic E-state index is 0.127. The smallest absolute Gasteiger partial charge is 0.257 e. The van der Waals surface area contributed by atoms with Crippen molar-refractivity contribution in [3.63, 3.8) is 0 Å². The van der Waals surface area contributed by atoms with Gasteiger partial charge in [0.15, 0.2) is 0 Å². The number of nitrogens with zero attached hydrogens (tertiary/aromatic N) is 1. The third kappa shape index (κ3) is 2.88. The second-order valence-corrected chi connectivity index (χ2v) is 5.77. The zero-order valence-electron chi connectivity index (χ0n) is 13.1. The number of benzene rings is 1. The van der Waals surface area contributed by atoms with Crippen LogP contribution in [0.5, 0.6) is 0 Å². The molecule has 120 valence electrons. The van der Waals surface area contributed by atoms with Crippen molar-refractivity contribution in [1.29, 1.82) is 0 Å². The zero-order chi connectivity index (χ0) is 16.4. The number of carbonyl (C=O) groups is 1. The minimum Gasteiger partial charge on any atom is -0.469 e. The number of pyridine rings is 1. The maximum absolute atomic E-state index is 12.6. The molecular weight excluding hydrogens is 302 g/mol. The quantitative estimate of drug-likeness (QED) is 0.772. The van der Waals surface area contributed by atoms with Crippen LogP contribution in [0.1, 0.15) is 27.2 Å². The summed E-state index contributed by atoms with van der Waals surface area (Å²) in [6, 6.07) is 13.3. The number of fused-ring (bicyclic) bond motifs is 1. The van der Waals surface area contributed by atoms with E-state index < -0.39 is 0 Å². The highest BCUT2D eigenvalue weighted by Gasteiger charge is 2.18. The Bertz CT molecular complexity index is 872. The Balaban J connectivity index is 1.53. The molecule has 1 amide bonds. The van der Waals surface area contributed by atoms with Crippen LogP contribution in [0, 0.1) is 0 Å². The Morgan fingerprint density at radius 1 is 1.25 bits per heavy atom. The first-order valence-electron chi connectivity index (χ1n) is 7.94. The number of rotatable bonds is 4. The summed E-state index contributed by atoms with van der Waals surface area (Å²) in [6.45, 7) is 0.872. The van der Waals surface area contributed by atoms with Gasteiger partial charge in [0.2, 0.25) is 0 Å². The van der Waals surface area contributed by atoms with E-state index in [-0.39, 0.29) is 5.91 Å². The van der Waals surface area contributed by atoms with E-state index >= 15 is 0 Å². The van der Waals surface area contributed by atoms with Crippen molar-refractivity contribution in [1.82, 2.24) is 4.98 Å². The van der Waals surface area contributed by atoms with Gasteiger partial charge in [0, 0.05) is 30.4 Å². The topological polar surface area (TPSA) is 67.2 Å². The van der Waals surface area contributed by atoms with Crippen LogP contribution in [-0.4, -0.2) is 17.4 Å². The van der Waals surface area contributed by atoms with Gasteiger partial charge in [-0.25, -0.2) is 4.98 Å². The Hall–Kier alpha value is -3.08. The third-order valence-electron chi connectivity index (χ3n) is 4.14. The predicted molar refractivity (Wildman–Crippen MR) is 92.3 cm³/mol. The molecule has 24 heavy (non-hydrogen) atoms. The van der Waals surface area contributed by atoms with E-state index in [1.807, 2.05) is 42.5 Å². The predicted octanol–water partition coefficient (Wildman–Crippen LogP) is 3.49. The van der Waals surface area contributed by atoms with Gasteiger partial charge in [-0.1, -0.05) is 6.07 Å². The molecule has 1 aromatic carbocycles. The molecule has 0 atom stereocenters. The summed E-state index contributed by atoms with van der Waals surface area (Å²) < 4.78 is 5.36. The molecule has 0 aliphatic carbocycles. The van der Waals surface area contributed by atoms with Gasteiger partial charge in [-0.3, -0.25) is 4.79 Å². The van der Waals surface area contributed by atoms with E-state index in [9.17, 15) is 4.79 Å². The lowest BCUT2D eigenvalue weighted by molar-refractivity contribution is 0.102. The molecule has 5 heteroatoms. The van der Waals surface area contributed by atoms with Crippen molar-refractivity contribution in [3.05, 3.63) is 77.4 Å². The average Bonchev–Trinajstić information content (AvgIpc) is 3.25. The molecule has 0 saturated heterocycles. The lowest BCUT2D eigenvalue weighted by Crippen LogP contribution is -2.15. The molecule has 4 rings (SSSR count). The van der Waals surface area contributed by atoms with Crippen LogP contribution in [0.2, 0.25) is 0 Å². The Morgan fingerprint density at radius 3 is 3.08 bits per heavy atom. The van der Waals surface area contributed by atoms with Crippen LogP contribution in [-0.2, 0) is 12.8 Å². The summed E-state index contributed by atoms with van der Waals surface area (Å²) >= 11 is 0.